The molecule has 10 heteroatoms. The van der Waals surface area contributed by atoms with E-state index in [1.807, 2.05) is 62.4 Å². The van der Waals surface area contributed by atoms with E-state index >= 15 is 0 Å². The largest absolute Gasteiger partial charge is 0.445 e. The molecule has 0 aliphatic heterocycles. The molecule has 0 heterocycles. The number of carbonyl (C=O) groups excluding carboxylic acids is 4. The number of amides is 4. The molecular weight excluding hydrogens is 476 g/mol. The summed E-state index contributed by atoms with van der Waals surface area (Å²) in [6, 6.07) is 15.2. The third kappa shape index (κ3) is 10.7. The van der Waals surface area contributed by atoms with E-state index < -0.39 is 42.6 Å². The Morgan fingerprint density at radius 3 is 1.89 bits per heavy atom. The van der Waals surface area contributed by atoms with E-state index in [1.54, 1.807) is 12.1 Å². The number of hydrogen-bond donors (Lipinski definition) is 5. The Kier molecular flexibility index (Phi) is 12.1. The van der Waals surface area contributed by atoms with Gasteiger partial charge in [0.15, 0.2) is 0 Å². The molecule has 0 aliphatic rings. The zero-order valence-electron chi connectivity index (χ0n) is 21.4. The summed E-state index contributed by atoms with van der Waals surface area (Å²) in [6.45, 7) is 4.89. The van der Waals surface area contributed by atoms with Gasteiger partial charge >= 0.3 is 6.09 Å². The normalized spacial score (nSPS) is 13.1. The summed E-state index contributed by atoms with van der Waals surface area (Å²) in [5.74, 6) is -1.68. The van der Waals surface area contributed by atoms with Crippen molar-refractivity contribution >= 4 is 23.8 Å². The van der Waals surface area contributed by atoms with E-state index in [-0.39, 0.29) is 18.4 Å². The second kappa shape index (κ2) is 15.2. The first-order chi connectivity index (χ1) is 17.7. The number of hydrogen-bond acceptors (Lipinski definition) is 6. The molecule has 2 rings (SSSR count). The van der Waals surface area contributed by atoms with Gasteiger partial charge in [-0.2, -0.15) is 0 Å². The highest BCUT2D eigenvalue weighted by Crippen LogP contribution is 2.07. The van der Waals surface area contributed by atoms with E-state index in [9.17, 15) is 24.3 Å². The van der Waals surface area contributed by atoms with Gasteiger partial charge in [-0.05, 0) is 30.4 Å². The molecule has 200 valence electrons. The minimum Gasteiger partial charge on any atom is -0.445 e. The smallest absolute Gasteiger partial charge is 0.408 e. The number of rotatable bonds is 13. The SMILES string of the molecule is CC(C)C[C@H](NC(=O)[C@H](CO)NC(=O)[C@H](C)NC(=O)OCc1ccccc1)C(=O)NCc1ccccc1. The van der Waals surface area contributed by atoms with Crippen LogP contribution in [0.4, 0.5) is 4.79 Å². The summed E-state index contributed by atoms with van der Waals surface area (Å²) in [5.41, 5.74) is 1.70. The maximum Gasteiger partial charge on any atom is 0.408 e. The van der Waals surface area contributed by atoms with E-state index in [1.165, 1.54) is 6.92 Å². The molecule has 0 aromatic heterocycles. The van der Waals surface area contributed by atoms with Gasteiger partial charge in [0.25, 0.3) is 0 Å². The third-order valence-corrected chi connectivity index (χ3v) is 5.41. The van der Waals surface area contributed by atoms with Crippen molar-refractivity contribution in [2.75, 3.05) is 6.61 Å². The highest BCUT2D eigenvalue weighted by atomic mass is 16.5. The molecule has 37 heavy (non-hydrogen) atoms. The Morgan fingerprint density at radius 2 is 1.32 bits per heavy atom. The lowest BCUT2D eigenvalue weighted by molar-refractivity contribution is -0.133. The third-order valence-electron chi connectivity index (χ3n) is 5.41. The molecule has 4 amide bonds. The Labute approximate surface area is 217 Å². The molecule has 0 aliphatic carbocycles. The number of nitrogens with one attached hydrogen (secondary N) is 4. The molecule has 0 saturated carbocycles. The second-order valence-corrected chi connectivity index (χ2v) is 9.07. The monoisotopic (exact) mass is 512 g/mol. The summed E-state index contributed by atoms with van der Waals surface area (Å²) in [5, 5.41) is 19.9. The quantitative estimate of drug-likeness (QED) is 0.276. The number of aliphatic hydroxyl groups excluding tert-OH is 1. The van der Waals surface area contributed by atoms with Crippen LogP contribution in [-0.2, 0) is 32.3 Å². The predicted octanol–water partition coefficient (Wildman–Crippen LogP) is 1.63. The van der Waals surface area contributed by atoms with E-state index in [0.29, 0.717) is 13.0 Å². The zero-order valence-corrected chi connectivity index (χ0v) is 21.4. The van der Waals surface area contributed by atoms with Gasteiger partial charge in [0.1, 0.15) is 24.7 Å². The van der Waals surface area contributed by atoms with Crippen molar-refractivity contribution in [2.45, 2.75) is 58.5 Å². The standard InChI is InChI=1S/C27H36N4O6/c1-18(2)14-22(25(34)28-15-20-10-6-4-7-11-20)30-26(35)23(16-32)31-24(33)19(3)29-27(36)37-17-21-12-8-5-9-13-21/h4-13,18-19,22-23,32H,14-17H2,1-3H3,(H,28,34)(H,29,36)(H,30,35)(H,31,33)/t19-,22-,23-/m0/s1. The van der Waals surface area contributed by atoms with Crippen LogP contribution in [0, 0.1) is 5.92 Å². The first kappa shape index (κ1) is 29.3. The summed E-state index contributed by atoms with van der Waals surface area (Å²) < 4.78 is 5.10. The summed E-state index contributed by atoms with van der Waals surface area (Å²) in [6.07, 6.45) is -0.437. The minimum atomic E-state index is -1.31. The molecule has 10 nitrogen and oxygen atoms in total. The molecule has 0 unspecified atom stereocenters. The number of carbonyl (C=O) groups is 4. The van der Waals surface area contributed by atoms with E-state index in [2.05, 4.69) is 21.3 Å². The Hall–Kier alpha value is -3.92. The lowest BCUT2D eigenvalue weighted by Gasteiger charge is -2.24. The first-order valence-electron chi connectivity index (χ1n) is 12.2. The molecule has 0 bridgehead atoms. The van der Waals surface area contributed by atoms with Crippen molar-refractivity contribution in [2.24, 2.45) is 5.92 Å². The molecule has 2 aromatic carbocycles. The molecule has 2 aromatic rings. The van der Waals surface area contributed by atoms with Crippen molar-refractivity contribution in [3.05, 3.63) is 71.8 Å². The first-order valence-corrected chi connectivity index (χ1v) is 12.2. The van der Waals surface area contributed by atoms with Crippen LogP contribution < -0.4 is 21.3 Å². The molecule has 0 fully saturated rings. The van der Waals surface area contributed by atoms with E-state index in [0.717, 1.165) is 11.1 Å². The van der Waals surface area contributed by atoms with Gasteiger partial charge in [0.05, 0.1) is 6.61 Å². The summed E-state index contributed by atoms with van der Waals surface area (Å²) in [4.78, 5) is 50.1. The van der Waals surface area contributed by atoms with Crippen molar-refractivity contribution in [3.8, 4) is 0 Å². The maximum atomic E-state index is 12.8. The number of alkyl carbamates (subject to hydrolysis) is 1. The van der Waals surface area contributed by atoms with Crippen molar-refractivity contribution in [3.63, 3.8) is 0 Å². The van der Waals surface area contributed by atoms with Gasteiger partial charge in [0.2, 0.25) is 17.7 Å². The highest BCUT2D eigenvalue weighted by molar-refractivity contribution is 5.93. The molecular formula is C27H36N4O6. The Morgan fingerprint density at radius 1 is 0.757 bits per heavy atom. The fraction of sp³-hybridized carbons (Fsp3) is 0.407. The van der Waals surface area contributed by atoms with Crippen LogP contribution in [0.3, 0.4) is 0 Å². The fourth-order valence-corrected chi connectivity index (χ4v) is 3.38. The lowest BCUT2D eigenvalue weighted by atomic mass is 10.0. The van der Waals surface area contributed by atoms with Gasteiger partial charge < -0.3 is 31.1 Å². The number of ether oxygens (including phenoxy) is 1. The molecule has 3 atom stereocenters. The molecule has 0 saturated heterocycles. The second-order valence-electron chi connectivity index (χ2n) is 9.07. The van der Waals surface area contributed by atoms with Crippen LogP contribution in [0.1, 0.15) is 38.3 Å². The van der Waals surface area contributed by atoms with Crippen molar-refractivity contribution in [1.82, 2.24) is 21.3 Å². The van der Waals surface area contributed by atoms with Gasteiger partial charge in [-0.25, -0.2) is 4.79 Å². The average Bonchev–Trinajstić information content (AvgIpc) is 2.89. The summed E-state index contributed by atoms with van der Waals surface area (Å²) >= 11 is 0. The molecule has 0 radical (unpaired) electrons. The van der Waals surface area contributed by atoms with E-state index in [4.69, 9.17) is 4.74 Å². The fourth-order valence-electron chi connectivity index (χ4n) is 3.38. The Bertz CT molecular complexity index is 1020. The minimum absolute atomic E-state index is 0.0340. The number of benzene rings is 2. The van der Waals surface area contributed by atoms with Crippen LogP contribution >= 0.6 is 0 Å². The van der Waals surface area contributed by atoms with Crippen molar-refractivity contribution < 1.29 is 29.0 Å². The van der Waals surface area contributed by atoms with Gasteiger partial charge in [0, 0.05) is 6.54 Å². The number of aliphatic hydroxyl groups is 1. The van der Waals surface area contributed by atoms with Crippen LogP contribution in [0.15, 0.2) is 60.7 Å². The lowest BCUT2D eigenvalue weighted by Crippen LogP contribution is -2.57. The molecule has 0 spiro atoms. The maximum absolute atomic E-state index is 12.8. The van der Waals surface area contributed by atoms with Crippen LogP contribution in [0.5, 0.6) is 0 Å². The van der Waals surface area contributed by atoms with Gasteiger partial charge in [-0.1, -0.05) is 74.5 Å². The molecule has 5 N–H and O–H groups in total. The van der Waals surface area contributed by atoms with Crippen LogP contribution in [0.25, 0.3) is 0 Å². The van der Waals surface area contributed by atoms with Gasteiger partial charge in [-0.3, -0.25) is 14.4 Å². The zero-order chi connectivity index (χ0) is 27.2. The summed E-state index contributed by atoms with van der Waals surface area (Å²) in [7, 11) is 0. The predicted molar refractivity (Wildman–Crippen MR) is 138 cm³/mol. The average molecular weight is 513 g/mol. The Balaban J connectivity index is 1.88. The van der Waals surface area contributed by atoms with Crippen LogP contribution in [-0.4, -0.2) is 53.7 Å². The van der Waals surface area contributed by atoms with Gasteiger partial charge in [-0.15, -0.1) is 0 Å². The van der Waals surface area contributed by atoms with Crippen molar-refractivity contribution in [1.29, 1.82) is 0 Å². The topological polar surface area (TPSA) is 146 Å². The van der Waals surface area contributed by atoms with Crippen LogP contribution in [0.2, 0.25) is 0 Å². The highest BCUT2D eigenvalue weighted by Gasteiger charge is 2.28.